The molecule has 0 fully saturated rings. The van der Waals surface area contributed by atoms with Gasteiger partial charge in [-0.25, -0.2) is 4.98 Å². The van der Waals surface area contributed by atoms with E-state index < -0.39 is 0 Å². The molecule has 0 spiro atoms. The van der Waals surface area contributed by atoms with Gasteiger partial charge in [0.2, 0.25) is 5.91 Å². The number of rotatable bonds is 4. The summed E-state index contributed by atoms with van der Waals surface area (Å²) in [4.78, 5) is 15.8. The summed E-state index contributed by atoms with van der Waals surface area (Å²) in [7, 11) is 0. The lowest BCUT2D eigenvalue weighted by Crippen LogP contribution is -2.33. The lowest BCUT2D eigenvalue weighted by atomic mass is 10.1. The van der Waals surface area contributed by atoms with E-state index in [1.165, 1.54) is 0 Å². The van der Waals surface area contributed by atoms with Crippen molar-refractivity contribution in [2.75, 3.05) is 5.32 Å². The number of amides is 1. The van der Waals surface area contributed by atoms with Crippen molar-refractivity contribution < 1.29 is 9.21 Å². The molecule has 0 bridgehead atoms. The minimum Gasteiger partial charge on any atom is -0.440 e. The molecule has 0 aliphatic heterocycles. The molecule has 0 aliphatic carbocycles. The van der Waals surface area contributed by atoms with Crippen LogP contribution in [0.5, 0.6) is 0 Å². The number of aromatic nitrogens is 1. The molecule has 1 heterocycles. The van der Waals surface area contributed by atoms with E-state index >= 15 is 0 Å². The van der Waals surface area contributed by atoms with Gasteiger partial charge in [0.15, 0.2) is 16.6 Å². The predicted molar refractivity (Wildman–Crippen MR) is 97.9 cm³/mol. The van der Waals surface area contributed by atoms with Crippen LogP contribution in [0.2, 0.25) is 0 Å². The Labute approximate surface area is 145 Å². The summed E-state index contributed by atoms with van der Waals surface area (Å²) in [5, 5.41) is 5.88. The van der Waals surface area contributed by atoms with Crippen LogP contribution in [-0.2, 0) is 11.2 Å². The third-order valence-electron chi connectivity index (χ3n) is 3.48. The fourth-order valence-corrected chi connectivity index (χ4v) is 2.49. The number of carbonyl (C=O) groups is 1. The van der Waals surface area contributed by atoms with Crippen LogP contribution < -0.4 is 10.6 Å². The van der Waals surface area contributed by atoms with E-state index in [4.69, 9.17) is 16.6 Å². The second-order valence-corrected chi connectivity index (χ2v) is 5.71. The Morgan fingerprint density at radius 3 is 2.62 bits per heavy atom. The standard InChI is InChI=1S/C18H17N3O2S/c1-2-16(22)21-18(24)19-13-9-7-12(8-10-13)11-17-20-14-5-3-4-6-15(14)23-17/h3-10H,2,11H2,1H3,(H2,19,21,22,24). The van der Waals surface area contributed by atoms with Crippen LogP contribution in [-0.4, -0.2) is 16.0 Å². The molecule has 0 saturated heterocycles. The number of carbonyl (C=O) groups excluding carboxylic acids is 1. The molecule has 122 valence electrons. The van der Waals surface area contributed by atoms with Gasteiger partial charge in [0.05, 0.1) is 0 Å². The zero-order chi connectivity index (χ0) is 16.9. The number of anilines is 1. The second-order valence-electron chi connectivity index (χ2n) is 5.30. The van der Waals surface area contributed by atoms with E-state index in [9.17, 15) is 4.79 Å². The van der Waals surface area contributed by atoms with Crippen LogP contribution in [0, 0.1) is 0 Å². The first kappa shape index (κ1) is 16.1. The number of hydrogen-bond donors (Lipinski definition) is 2. The van der Waals surface area contributed by atoms with Gasteiger partial charge in [-0.3, -0.25) is 4.79 Å². The van der Waals surface area contributed by atoms with E-state index in [0.717, 1.165) is 22.4 Å². The Morgan fingerprint density at radius 2 is 1.92 bits per heavy atom. The van der Waals surface area contributed by atoms with Crippen molar-refractivity contribution in [1.29, 1.82) is 0 Å². The van der Waals surface area contributed by atoms with Gasteiger partial charge in [-0.1, -0.05) is 31.2 Å². The molecule has 24 heavy (non-hydrogen) atoms. The van der Waals surface area contributed by atoms with Crippen molar-refractivity contribution in [3.8, 4) is 0 Å². The maximum atomic E-state index is 11.3. The van der Waals surface area contributed by atoms with Gasteiger partial charge in [-0.05, 0) is 42.0 Å². The molecule has 1 amide bonds. The third-order valence-corrected chi connectivity index (χ3v) is 3.68. The fraction of sp³-hybridized carbons (Fsp3) is 0.167. The first-order valence-electron chi connectivity index (χ1n) is 7.68. The van der Waals surface area contributed by atoms with Gasteiger partial charge in [0.1, 0.15) is 5.52 Å². The highest BCUT2D eigenvalue weighted by Crippen LogP contribution is 2.18. The van der Waals surface area contributed by atoms with Crippen molar-refractivity contribution in [2.24, 2.45) is 0 Å². The largest absolute Gasteiger partial charge is 0.440 e. The minimum absolute atomic E-state index is 0.111. The molecule has 0 radical (unpaired) electrons. The Morgan fingerprint density at radius 1 is 1.17 bits per heavy atom. The van der Waals surface area contributed by atoms with E-state index in [0.29, 0.717) is 23.8 Å². The van der Waals surface area contributed by atoms with E-state index in [1.807, 2.05) is 48.5 Å². The maximum absolute atomic E-state index is 11.3. The van der Waals surface area contributed by atoms with Crippen LogP contribution in [0.4, 0.5) is 5.69 Å². The highest BCUT2D eigenvalue weighted by Gasteiger charge is 2.07. The number of oxazole rings is 1. The van der Waals surface area contributed by atoms with Crippen molar-refractivity contribution in [2.45, 2.75) is 19.8 Å². The minimum atomic E-state index is -0.111. The average molecular weight is 339 g/mol. The van der Waals surface area contributed by atoms with Gasteiger partial charge in [-0.15, -0.1) is 0 Å². The number of benzene rings is 2. The SMILES string of the molecule is CCC(=O)NC(=S)Nc1ccc(Cc2nc3ccccc3o2)cc1. The molecular weight excluding hydrogens is 322 g/mol. The molecule has 1 aromatic heterocycles. The summed E-state index contributed by atoms with van der Waals surface area (Å²) in [6.07, 6.45) is 1.01. The van der Waals surface area contributed by atoms with Gasteiger partial charge < -0.3 is 15.1 Å². The maximum Gasteiger partial charge on any atom is 0.225 e. The Hall–Kier alpha value is -2.73. The molecule has 6 heteroatoms. The lowest BCUT2D eigenvalue weighted by Gasteiger charge is -2.09. The molecule has 3 aromatic rings. The Bertz CT molecular complexity index is 838. The summed E-state index contributed by atoms with van der Waals surface area (Å²) in [6.45, 7) is 1.78. The summed E-state index contributed by atoms with van der Waals surface area (Å²) >= 11 is 5.09. The summed E-state index contributed by atoms with van der Waals surface area (Å²) in [6, 6.07) is 15.5. The van der Waals surface area contributed by atoms with Gasteiger partial charge in [0.25, 0.3) is 0 Å². The zero-order valence-electron chi connectivity index (χ0n) is 13.2. The molecule has 0 aliphatic rings. The van der Waals surface area contributed by atoms with Crippen LogP contribution in [0.1, 0.15) is 24.8 Å². The fourth-order valence-electron chi connectivity index (χ4n) is 2.25. The predicted octanol–water partition coefficient (Wildman–Crippen LogP) is 3.64. The quantitative estimate of drug-likeness (QED) is 0.710. The van der Waals surface area contributed by atoms with Crippen molar-refractivity contribution in [1.82, 2.24) is 10.3 Å². The highest BCUT2D eigenvalue weighted by atomic mass is 32.1. The van der Waals surface area contributed by atoms with Crippen LogP contribution >= 0.6 is 12.2 Å². The van der Waals surface area contributed by atoms with Crippen LogP contribution in [0.15, 0.2) is 52.9 Å². The summed E-state index contributed by atoms with van der Waals surface area (Å²) < 4.78 is 5.73. The number of thiocarbonyl (C=S) groups is 1. The smallest absolute Gasteiger partial charge is 0.225 e. The zero-order valence-corrected chi connectivity index (χ0v) is 14.0. The van der Waals surface area contributed by atoms with Crippen LogP contribution in [0.25, 0.3) is 11.1 Å². The molecule has 2 N–H and O–H groups in total. The summed E-state index contributed by atoms with van der Waals surface area (Å²) in [5.41, 5.74) is 3.55. The van der Waals surface area contributed by atoms with Gasteiger partial charge >= 0.3 is 0 Å². The van der Waals surface area contributed by atoms with Crippen LogP contribution in [0.3, 0.4) is 0 Å². The molecule has 0 unspecified atom stereocenters. The Kier molecular flexibility index (Phi) is 4.86. The molecular formula is C18H17N3O2S. The number of nitrogens with one attached hydrogen (secondary N) is 2. The lowest BCUT2D eigenvalue weighted by molar-refractivity contribution is -0.119. The van der Waals surface area contributed by atoms with Crippen molar-refractivity contribution in [3.63, 3.8) is 0 Å². The number of hydrogen-bond acceptors (Lipinski definition) is 4. The first-order valence-corrected chi connectivity index (χ1v) is 8.09. The van der Waals surface area contributed by atoms with Gasteiger partial charge in [-0.2, -0.15) is 0 Å². The second kappa shape index (κ2) is 7.23. The monoisotopic (exact) mass is 339 g/mol. The normalized spacial score (nSPS) is 10.5. The van der Waals surface area contributed by atoms with Crippen molar-refractivity contribution in [3.05, 3.63) is 60.0 Å². The topological polar surface area (TPSA) is 67.2 Å². The molecule has 0 saturated carbocycles. The third kappa shape index (κ3) is 3.97. The highest BCUT2D eigenvalue weighted by molar-refractivity contribution is 7.80. The first-order chi connectivity index (χ1) is 11.6. The van der Waals surface area contributed by atoms with E-state index in [1.54, 1.807) is 6.92 Å². The molecule has 3 rings (SSSR count). The van der Waals surface area contributed by atoms with E-state index in [-0.39, 0.29) is 5.91 Å². The molecule has 2 aromatic carbocycles. The number of nitrogens with zero attached hydrogens (tertiary/aromatic N) is 1. The molecule has 0 atom stereocenters. The molecule has 5 nitrogen and oxygen atoms in total. The number of fused-ring (bicyclic) bond motifs is 1. The van der Waals surface area contributed by atoms with Gasteiger partial charge in [0, 0.05) is 18.5 Å². The number of para-hydroxylation sites is 2. The Balaban J connectivity index is 1.64. The van der Waals surface area contributed by atoms with Crippen molar-refractivity contribution >= 4 is 40.0 Å². The average Bonchev–Trinajstić information content (AvgIpc) is 2.98. The summed E-state index contributed by atoms with van der Waals surface area (Å²) in [5.74, 6) is 0.572. The van der Waals surface area contributed by atoms with E-state index in [2.05, 4.69) is 15.6 Å².